The molecule has 1 aromatic heterocycles. The molecule has 0 unspecified atom stereocenters. The van der Waals surface area contributed by atoms with Crippen molar-refractivity contribution in [3.05, 3.63) is 17.7 Å². The van der Waals surface area contributed by atoms with Crippen LogP contribution in [-0.4, -0.2) is 49.3 Å². The summed E-state index contributed by atoms with van der Waals surface area (Å²) in [6.45, 7) is 6.17. The van der Waals surface area contributed by atoms with Crippen LogP contribution in [-0.2, 0) is 0 Å². The summed E-state index contributed by atoms with van der Waals surface area (Å²) in [5, 5.41) is 14.8. The molecule has 0 saturated carbocycles. The summed E-state index contributed by atoms with van der Waals surface area (Å²) in [4.78, 5) is 18.8. The minimum absolute atomic E-state index is 0.0679. The summed E-state index contributed by atoms with van der Waals surface area (Å²) in [6.07, 6.45) is 4.45. The lowest BCUT2D eigenvalue weighted by molar-refractivity contribution is 0.0944. The number of rotatable bonds is 11. The number of anilines is 2. The molecule has 0 aliphatic carbocycles. The predicted octanol–water partition coefficient (Wildman–Crippen LogP) is 2.25. The molecule has 1 rings (SSSR count). The van der Waals surface area contributed by atoms with E-state index in [1.165, 1.54) is 12.8 Å². The molecule has 0 atom stereocenters. The molecule has 0 aliphatic heterocycles. The second-order valence-corrected chi connectivity index (χ2v) is 5.63. The van der Waals surface area contributed by atoms with Crippen LogP contribution in [0, 0.1) is 0 Å². The molecule has 0 aromatic carbocycles. The molecule has 0 saturated heterocycles. The van der Waals surface area contributed by atoms with Gasteiger partial charge in [-0.25, -0.2) is 4.98 Å². The molecule has 23 heavy (non-hydrogen) atoms. The standard InChI is InChI=1S/C17H30N4O2/c1-4-6-7-10-21(3)16-13-14(17(23)19-9-11-22)12-15(20-16)18-8-5-2/h12-13,22H,4-11H2,1-3H3,(H,18,20)(H,19,23). The quantitative estimate of drug-likeness (QED) is 0.545. The van der Waals surface area contributed by atoms with Crippen LogP contribution in [0.4, 0.5) is 11.6 Å². The maximum atomic E-state index is 12.2. The summed E-state index contributed by atoms with van der Waals surface area (Å²) in [6, 6.07) is 3.56. The first-order valence-corrected chi connectivity index (χ1v) is 8.48. The minimum Gasteiger partial charge on any atom is -0.395 e. The van der Waals surface area contributed by atoms with Crippen LogP contribution < -0.4 is 15.5 Å². The Morgan fingerprint density at radius 1 is 1.22 bits per heavy atom. The number of hydrogen-bond donors (Lipinski definition) is 3. The van der Waals surface area contributed by atoms with Crippen molar-refractivity contribution in [3.63, 3.8) is 0 Å². The van der Waals surface area contributed by atoms with Crippen LogP contribution in [0.1, 0.15) is 49.9 Å². The van der Waals surface area contributed by atoms with E-state index in [4.69, 9.17) is 5.11 Å². The molecule has 0 bridgehead atoms. The molecular weight excluding hydrogens is 292 g/mol. The number of nitrogens with one attached hydrogen (secondary N) is 2. The van der Waals surface area contributed by atoms with Gasteiger partial charge in [0, 0.05) is 32.2 Å². The fourth-order valence-corrected chi connectivity index (χ4v) is 2.17. The van der Waals surface area contributed by atoms with Crippen LogP contribution in [0.15, 0.2) is 12.1 Å². The largest absolute Gasteiger partial charge is 0.395 e. The van der Waals surface area contributed by atoms with E-state index in [0.717, 1.165) is 31.7 Å². The van der Waals surface area contributed by atoms with Gasteiger partial charge in [0.05, 0.1) is 6.61 Å². The third-order valence-electron chi connectivity index (χ3n) is 3.52. The van der Waals surface area contributed by atoms with Gasteiger partial charge in [0.25, 0.3) is 5.91 Å². The topological polar surface area (TPSA) is 77.5 Å². The molecule has 0 radical (unpaired) electrons. The summed E-state index contributed by atoms with van der Waals surface area (Å²) >= 11 is 0. The lowest BCUT2D eigenvalue weighted by atomic mass is 10.2. The first-order chi connectivity index (χ1) is 11.1. The summed E-state index contributed by atoms with van der Waals surface area (Å²) in [7, 11) is 2.00. The molecule has 3 N–H and O–H groups in total. The number of amides is 1. The number of pyridine rings is 1. The smallest absolute Gasteiger partial charge is 0.251 e. The van der Waals surface area contributed by atoms with Gasteiger partial charge in [-0.2, -0.15) is 0 Å². The van der Waals surface area contributed by atoms with Gasteiger partial charge in [-0.1, -0.05) is 26.7 Å². The summed E-state index contributed by atoms with van der Waals surface area (Å²) in [5.74, 6) is 1.31. The van der Waals surface area contributed by atoms with E-state index in [1.807, 2.05) is 7.05 Å². The van der Waals surface area contributed by atoms with Crippen molar-refractivity contribution in [1.82, 2.24) is 10.3 Å². The van der Waals surface area contributed by atoms with Crippen molar-refractivity contribution in [2.75, 3.05) is 43.5 Å². The highest BCUT2D eigenvalue weighted by Gasteiger charge is 2.12. The number of carbonyl (C=O) groups is 1. The Hall–Kier alpha value is -1.82. The molecule has 1 aromatic rings. The van der Waals surface area contributed by atoms with Crippen molar-refractivity contribution in [3.8, 4) is 0 Å². The normalized spacial score (nSPS) is 10.4. The zero-order chi connectivity index (χ0) is 17.1. The highest BCUT2D eigenvalue weighted by molar-refractivity contribution is 5.95. The van der Waals surface area contributed by atoms with Gasteiger partial charge < -0.3 is 20.6 Å². The molecule has 0 spiro atoms. The highest BCUT2D eigenvalue weighted by Crippen LogP contribution is 2.18. The van der Waals surface area contributed by atoms with E-state index < -0.39 is 0 Å². The zero-order valence-corrected chi connectivity index (χ0v) is 14.6. The van der Waals surface area contributed by atoms with Gasteiger partial charge in [0.1, 0.15) is 11.6 Å². The number of aromatic nitrogens is 1. The average Bonchev–Trinajstić information content (AvgIpc) is 2.57. The maximum Gasteiger partial charge on any atom is 0.251 e. The number of nitrogens with zero attached hydrogens (tertiary/aromatic N) is 2. The second-order valence-electron chi connectivity index (χ2n) is 5.63. The van der Waals surface area contributed by atoms with Crippen LogP contribution in [0.5, 0.6) is 0 Å². The van der Waals surface area contributed by atoms with Crippen molar-refractivity contribution >= 4 is 17.5 Å². The van der Waals surface area contributed by atoms with Gasteiger partial charge in [-0.05, 0) is 25.0 Å². The number of hydrogen-bond acceptors (Lipinski definition) is 5. The SMILES string of the molecule is CCCCCN(C)c1cc(C(=O)NCCO)cc(NCCC)n1. The molecular formula is C17H30N4O2. The van der Waals surface area contributed by atoms with Crippen molar-refractivity contribution in [2.24, 2.45) is 0 Å². The van der Waals surface area contributed by atoms with Crippen LogP contribution in [0.2, 0.25) is 0 Å². The first-order valence-electron chi connectivity index (χ1n) is 8.48. The first kappa shape index (κ1) is 19.2. The minimum atomic E-state index is -0.191. The Morgan fingerprint density at radius 3 is 2.65 bits per heavy atom. The van der Waals surface area contributed by atoms with Crippen molar-refractivity contribution in [1.29, 1.82) is 0 Å². The molecule has 6 nitrogen and oxygen atoms in total. The summed E-state index contributed by atoms with van der Waals surface area (Å²) in [5.41, 5.74) is 0.560. The molecule has 1 amide bonds. The van der Waals surface area contributed by atoms with Gasteiger partial charge in [0.2, 0.25) is 0 Å². The van der Waals surface area contributed by atoms with Crippen LogP contribution >= 0.6 is 0 Å². The molecule has 0 aliphatic rings. The van der Waals surface area contributed by atoms with Gasteiger partial charge >= 0.3 is 0 Å². The lowest BCUT2D eigenvalue weighted by Gasteiger charge is -2.20. The van der Waals surface area contributed by atoms with Crippen LogP contribution in [0.25, 0.3) is 0 Å². The fraction of sp³-hybridized carbons (Fsp3) is 0.647. The van der Waals surface area contributed by atoms with E-state index >= 15 is 0 Å². The third-order valence-corrected chi connectivity index (χ3v) is 3.52. The molecule has 6 heteroatoms. The number of carbonyl (C=O) groups excluding carboxylic acids is 1. The van der Waals surface area contributed by atoms with E-state index in [1.54, 1.807) is 12.1 Å². The molecule has 130 valence electrons. The predicted molar refractivity (Wildman–Crippen MR) is 95.2 cm³/mol. The van der Waals surface area contributed by atoms with E-state index in [0.29, 0.717) is 11.4 Å². The number of aliphatic hydroxyl groups is 1. The van der Waals surface area contributed by atoms with E-state index in [2.05, 4.69) is 34.4 Å². The zero-order valence-electron chi connectivity index (χ0n) is 14.6. The molecule has 0 fully saturated rings. The Labute approximate surface area is 139 Å². The van der Waals surface area contributed by atoms with Crippen molar-refractivity contribution in [2.45, 2.75) is 39.5 Å². The Kier molecular flexibility index (Phi) is 9.05. The summed E-state index contributed by atoms with van der Waals surface area (Å²) < 4.78 is 0. The average molecular weight is 322 g/mol. The fourth-order valence-electron chi connectivity index (χ4n) is 2.17. The Bertz CT molecular complexity index is 480. The van der Waals surface area contributed by atoms with E-state index in [-0.39, 0.29) is 19.1 Å². The number of unbranched alkanes of at least 4 members (excludes halogenated alkanes) is 2. The number of aliphatic hydroxyl groups excluding tert-OH is 1. The van der Waals surface area contributed by atoms with Gasteiger partial charge in [-0.3, -0.25) is 4.79 Å². The maximum absolute atomic E-state index is 12.2. The second kappa shape index (κ2) is 10.8. The van der Waals surface area contributed by atoms with Gasteiger partial charge in [0.15, 0.2) is 0 Å². The lowest BCUT2D eigenvalue weighted by Crippen LogP contribution is -2.27. The molecule has 1 heterocycles. The monoisotopic (exact) mass is 322 g/mol. The Morgan fingerprint density at radius 2 is 2.00 bits per heavy atom. The van der Waals surface area contributed by atoms with E-state index in [9.17, 15) is 4.79 Å². The van der Waals surface area contributed by atoms with Crippen LogP contribution in [0.3, 0.4) is 0 Å². The van der Waals surface area contributed by atoms with Crippen molar-refractivity contribution < 1.29 is 9.90 Å². The van der Waals surface area contributed by atoms with Gasteiger partial charge in [-0.15, -0.1) is 0 Å². The highest BCUT2D eigenvalue weighted by atomic mass is 16.3. The third kappa shape index (κ3) is 6.86. The Balaban J connectivity index is 2.91.